The molecule has 0 aliphatic carbocycles. The van der Waals surface area contributed by atoms with E-state index in [1.165, 1.54) is 12.1 Å². The second-order valence-electron chi connectivity index (χ2n) is 7.10. The first-order valence-corrected chi connectivity index (χ1v) is 9.67. The van der Waals surface area contributed by atoms with Crippen molar-refractivity contribution in [2.24, 2.45) is 11.1 Å². The summed E-state index contributed by atoms with van der Waals surface area (Å²) in [5.74, 6) is -1.97. The zero-order chi connectivity index (χ0) is 20.6. The van der Waals surface area contributed by atoms with Crippen molar-refractivity contribution in [3.05, 3.63) is 71.3 Å². The van der Waals surface area contributed by atoms with Gasteiger partial charge in [0.15, 0.2) is 0 Å². The minimum Gasteiger partial charge on any atom is -0.481 e. The number of benzene rings is 2. The van der Waals surface area contributed by atoms with Gasteiger partial charge in [0.2, 0.25) is 0 Å². The zero-order valence-electron chi connectivity index (χ0n) is 16.1. The van der Waals surface area contributed by atoms with Gasteiger partial charge in [-0.15, -0.1) is 0 Å². The van der Waals surface area contributed by atoms with E-state index in [2.05, 4.69) is 5.16 Å². The first-order chi connectivity index (χ1) is 14.0. The van der Waals surface area contributed by atoms with Gasteiger partial charge in [0, 0.05) is 25.1 Å². The number of hydrogen-bond donors (Lipinski definition) is 1. The fraction of sp³-hybridized carbons (Fsp3) is 0.364. The summed E-state index contributed by atoms with van der Waals surface area (Å²) in [5.41, 5.74) is 0.966. The van der Waals surface area contributed by atoms with Gasteiger partial charge in [-0.2, -0.15) is 0 Å². The van der Waals surface area contributed by atoms with E-state index in [0.717, 1.165) is 13.0 Å². The quantitative estimate of drug-likeness (QED) is 0.415. The molecule has 0 spiro atoms. The van der Waals surface area contributed by atoms with Gasteiger partial charge in [-0.05, 0) is 37.1 Å². The lowest BCUT2D eigenvalue weighted by Gasteiger charge is -2.29. The maximum Gasteiger partial charge on any atom is 0.307 e. The summed E-state index contributed by atoms with van der Waals surface area (Å²) in [6.45, 7) is 2.06. The van der Waals surface area contributed by atoms with Crippen molar-refractivity contribution in [2.75, 3.05) is 26.2 Å². The van der Waals surface area contributed by atoms with Crippen LogP contribution in [-0.4, -0.2) is 47.9 Å². The molecule has 154 valence electrons. The van der Waals surface area contributed by atoms with Crippen molar-refractivity contribution >= 4 is 11.7 Å². The van der Waals surface area contributed by atoms with Crippen molar-refractivity contribution < 1.29 is 23.5 Å². The van der Waals surface area contributed by atoms with Gasteiger partial charge in [-0.1, -0.05) is 41.6 Å². The molecule has 1 heterocycles. The van der Waals surface area contributed by atoms with Crippen molar-refractivity contribution in [3.8, 4) is 0 Å². The molecule has 1 aliphatic heterocycles. The molecule has 0 saturated carbocycles. The number of likely N-dealkylation sites (tertiary alicyclic amines) is 1. The van der Waals surface area contributed by atoms with Gasteiger partial charge < -0.3 is 9.94 Å². The van der Waals surface area contributed by atoms with Crippen LogP contribution < -0.4 is 0 Å². The number of nitrogens with zero attached hydrogens (tertiary/aromatic N) is 2. The predicted molar refractivity (Wildman–Crippen MR) is 106 cm³/mol. The largest absolute Gasteiger partial charge is 0.481 e. The molecule has 0 aromatic heterocycles. The summed E-state index contributed by atoms with van der Waals surface area (Å²) in [4.78, 5) is 18.6. The number of carbonyl (C=O) groups is 1. The van der Waals surface area contributed by atoms with Crippen molar-refractivity contribution in [1.82, 2.24) is 4.90 Å². The summed E-state index contributed by atoms with van der Waals surface area (Å²) < 4.78 is 28.3. The summed E-state index contributed by atoms with van der Waals surface area (Å²) >= 11 is 0. The van der Waals surface area contributed by atoms with Gasteiger partial charge in [0.25, 0.3) is 0 Å². The third kappa shape index (κ3) is 5.84. The predicted octanol–water partition coefficient (Wildman–Crippen LogP) is 3.72. The van der Waals surface area contributed by atoms with Crippen LogP contribution in [0.25, 0.3) is 0 Å². The van der Waals surface area contributed by atoms with Crippen molar-refractivity contribution in [1.29, 1.82) is 0 Å². The van der Waals surface area contributed by atoms with Gasteiger partial charge >= 0.3 is 5.97 Å². The van der Waals surface area contributed by atoms with Crippen LogP contribution in [0.1, 0.15) is 24.0 Å². The number of aliphatic carboxylic acids is 1. The van der Waals surface area contributed by atoms with Crippen molar-refractivity contribution in [3.63, 3.8) is 0 Å². The fourth-order valence-electron chi connectivity index (χ4n) is 3.45. The third-order valence-electron chi connectivity index (χ3n) is 5.03. The lowest BCUT2D eigenvalue weighted by Crippen LogP contribution is -2.40. The molecule has 29 heavy (non-hydrogen) atoms. The average Bonchev–Trinajstić information content (AvgIpc) is 2.72. The van der Waals surface area contributed by atoms with E-state index in [4.69, 9.17) is 9.94 Å². The highest BCUT2D eigenvalue weighted by Crippen LogP contribution is 2.17. The second-order valence-corrected chi connectivity index (χ2v) is 7.10. The van der Waals surface area contributed by atoms with Crippen LogP contribution in [0, 0.1) is 17.6 Å². The monoisotopic (exact) mass is 402 g/mol. The van der Waals surface area contributed by atoms with Crippen LogP contribution >= 0.6 is 0 Å². The number of rotatable bonds is 8. The van der Waals surface area contributed by atoms with Gasteiger partial charge in [-0.25, -0.2) is 8.78 Å². The summed E-state index contributed by atoms with van der Waals surface area (Å²) in [5, 5.41) is 13.3. The molecular formula is C22H24F2N2O3. The van der Waals surface area contributed by atoms with E-state index in [1.54, 1.807) is 36.4 Å². The van der Waals surface area contributed by atoms with Crippen LogP contribution in [0.3, 0.4) is 0 Å². The highest BCUT2D eigenvalue weighted by Gasteiger charge is 2.25. The van der Waals surface area contributed by atoms with E-state index in [-0.39, 0.29) is 30.3 Å². The Hall–Kier alpha value is -2.80. The minimum absolute atomic E-state index is 0.0956. The molecule has 1 atom stereocenters. The molecule has 0 unspecified atom stereocenters. The Kier molecular flexibility index (Phi) is 7.30. The van der Waals surface area contributed by atoms with E-state index >= 15 is 0 Å². The zero-order valence-corrected chi connectivity index (χ0v) is 16.1. The number of carboxylic acid groups (broad SMARTS) is 1. The number of carboxylic acids is 1. The number of oxime groups is 1. The lowest BCUT2D eigenvalue weighted by molar-refractivity contribution is -0.143. The van der Waals surface area contributed by atoms with Crippen LogP contribution in [0.4, 0.5) is 8.78 Å². The van der Waals surface area contributed by atoms with Crippen LogP contribution in [-0.2, 0) is 16.1 Å². The second kappa shape index (κ2) is 10.1. The van der Waals surface area contributed by atoms with Crippen molar-refractivity contribution in [2.45, 2.75) is 19.3 Å². The minimum atomic E-state index is -0.777. The molecular weight excluding hydrogens is 378 g/mol. The molecule has 1 saturated heterocycles. The molecule has 3 rings (SSSR count). The Bertz CT molecular complexity index is 873. The maximum absolute atomic E-state index is 14.3. The maximum atomic E-state index is 14.3. The molecule has 0 radical (unpaired) electrons. The summed E-state index contributed by atoms with van der Waals surface area (Å²) in [6, 6.07) is 12.5. The highest BCUT2D eigenvalue weighted by atomic mass is 19.1. The van der Waals surface area contributed by atoms with Crippen LogP contribution in [0.5, 0.6) is 0 Å². The van der Waals surface area contributed by atoms with E-state index < -0.39 is 11.8 Å². The number of hydrogen-bond acceptors (Lipinski definition) is 4. The molecule has 7 heteroatoms. The molecule has 1 N–H and O–H groups in total. The SMILES string of the molecule is O=C(O)[C@@H]1CCCN(CCON=C(Cc2ccccc2F)c2ccccc2F)C1. The number of halogens is 2. The van der Waals surface area contributed by atoms with E-state index in [9.17, 15) is 13.6 Å². The summed E-state index contributed by atoms with van der Waals surface area (Å²) in [7, 11) is 0. The Morgan fingerprint density at radius 1 is 1.14 bits per heavy atom. The van der Waals surface area contributed by atoms with E-state index in [0.29, 0.717) is 30.8 Å². The Morgan fingerprint density at radius 3 is 2.59 bits per heavy atom. The summed E-state index contributed by atoms with van der Waals surface area (Å²) in [6.07, 6.45) is 1.61. The molecule has 2 aromatic carbocycles. The molecule has 2 aromatic rings. The standard InChI is InChI=1S/C22H24F2N2O3/c23-19-9-3-1-6-16(19)14-21(18-8-2-4-10-20(18)24)25-29-13-12-26-11-5-7-17(15-26)22(27)28/h1-4,6,8-10,17H,5,7,11-15H2,(H,27,28)/t17-/m1/s1. The first-order valence-electron chi connectivity index (χ1n) is 9.67. The Labute approximate surface area is 168 Å². The molecule has 0 bridgehead atoms. The molecule has 1 aliphatic rings. The Morgan fingerprint density at radius 2 is 1.86 bits per heavy atom. The highest BCUT2D eigenvalue weighted by molar-refractivity contribution is 6.01. The van der Waals surface area contributed by atoms with Gasteiger partial charge in [-0.3, -0.25) is 9.69 Å². The Balaban J connectivity index is 1.66. The first kappa shape index (κ1) is 20.9. The average molecular weight is 402 g/mol. The smallest absolute Gasteiger partial charge is 0.307 e. The van der Waals surface area contributed by atoms with Gasteiger partial charge in [0.05, 0.1) is 11.6 Å². The molecule has 1 fully saturated rings. The topological polar surface area (TPSA) is 62.1 Å². The fourth-order valence-corrected chi connectivity index (χ4v) is 3.45. The van der Waals surface area contributed by atoms with E-state index in [1.807, 2.05) is 4.90 Å². The van der Waals surface area contributed by atoms with Crippen LogP contribution in [0.2, 0.25) is 0 Å². The third-order valence-corrected chi connectivity index (χ3v) is 5.03. The molecule has 0 amide bonds. The lowest BCUT2D eigenvalue weighted by atomic mass is 9.98. The molecule has 5 nitrogen and oxygen atoms in total. The number of piperidine rings is 1. The normalized spacial score (nSPS) is 17.9. The van der Waals surface area contributed by atoms with Crippen LogP contribution in [0.15, 0.2) is 53.7 Å². The van der Waals surface area contributed by atoms with Gasteiger partial charge in [0.1, 0.15) is 18.2 Å².